The fourth-order valence-electron chi connectivity index (χ4n) is 2.89. The first-order valence-corrected chi connectivity index (χ1v) is 9.42. The molecule has 0 bridgehead atoms. The number of ether oxygens (including phenoxy) is 1. The monoisotopic (exact) mass is 338 g/mol. The number of methoxy groups -OCH3 is 1. The van der Waals surface area contributed by atoms with E-state index in [1.807, 2.05) is 12.1 Å². The van der Waals surface area contributed by atoms with Crippen molar-refractivity contribution in [2.24, 2.45) is 0 Å². The van der Waals surface area contributed by atoms with Crippen molar-refractivity contribution < 1.29 is 13.2 Å². The van der Waals surface area contributed by atoms with E-state index in [-0.39, 0.29) is 12.1 Å². The Morgan fingerprint density at radius 2 is 2.14 bits per heavy atom. The summed E-state index contributed by atoms with van der Waals surface area (Å²) in [5.74, 6) is 0. The Hall–Kier alpha value is -1.28. The summed E-state index contributed by atoms with van der Waals surface area (Å²) >= 11 is 1.25. The SMILES string of the molecule is CO[C@H]1CCN(S(=O)(=O)c2cccs2)[C@H]1Cc1ccncc1. The number of pyridine rings is 1. The zero-order valence-corrected chi connectivity index (χ0v) is 13.9. The molecule has 3 rings (SSSR count). The molecular formula is C15H18N2O3S2. The molecule has 3 heterocycles. The maximum Gasteiger partial charge on any atom is 0.252 e. The number of nitrogens with zero attached hydrogens (tertiary/aromatic N) is 2. The Bertz CT molecular complexity index is 702. The summed E-state index contributed by atoms with van der Waals surface area (Å²) in [5.41, 5.74) is 1.07. The van der Waals surface area contributed by atoms with E-state index in [9.17, 15) is 8.42 Å². The molecule has 2 aromatic rings. The van der Waals surface area contributed by atoms with Crippen LogP contribution in [0.3, 0.4) is 0 Å². The molecule has 0 aliphatic carbocycles. The molecule has 0 unspecified atom stereocenters. The molecule has 1 aliphatic heterocycles. The highest BCUT2D eigenvalue weighted by Gasteiger charge is 2.42. The van der Waals surface area contributed by atoms with Gasteiger partial charge in [0.15, 0.2) is 0 Å². The van der Waals surface area contributed by atoms with E-state index >= 15 is 0 Å². The Balaban J connectivity index is 1.90. The van der Waals surface area contributed by atoms with Gasteiger partial charge in [0.2, 0.25) is 0 Å². The molecule has 7 heteroatoms. The van der Waals surface area contributed by atoms with Gasteiger partial charge in [-0.1, -0.05) is 6.07 Å². The number of sulfonamides is 1. The van der Waals surface area contributed by atoms with Gasteiger partial charge in [0.1, 0.15) is 4.21 Å². The van der Waals surface area contributed by atoms with Crippen molar-refractivity contribution in [3.63, 3.8) is 0 Å². The van der Waals surface area contributed by atoms with E-state index in [1.54, 1.807) is 41.3 Å². The third-order valence-electron chi connectivity index (χ3n) is 3.99. The smallest absolute Gasteiger partial charge is 0.252 e. The van der Waals surface area contributed by atoms with Crippen LogP contribution in [0.4, 0.5) is 0 Å². The van der Waals surface area contributed by atoms with E-state index in [1.165, 1.54) is 11.3 Å². The molecule has 2 atom stereocenters. The van der Waals surface area contributed by atoms with Gasteiger partial charge in [-0.3, -0.25) is 4.98 Å². The van der Waals surface area contributed by atoms with Crippen molar-refractivity contribution in [3.05, 3.63) is 47.6 Å². The van der Waals surface area contributed by atoms with Crippen LogP contribution in [-0.2, 0) is 21.2 Å². The first-order chi connectivity index (χ1) is 10.6. The number of rotatable bonds is 5. The molecule has 2 aromatic heterocycles. The molecule has 1 saturated heterocycles. The standard InChI is InChI=1S/C15H18N2O3S2/c1-20-14-6-9-17(22(18,19)15-3-2-10-21-15)13(14)11-12-4-7-16-8-5-12/h2-5,7-8,10,13-14H,6,9,11H2,1H3/t13-,14-/m0/s1. The van der Waals surface area contributed by atoms with Crippen LogP contribution in [0.15, 0.2) is 46.2 Å². The van der Waals surface area contributed by atoms with Gasteiger partial charge < -0.3 is 4.74 Å². The van der Waals surface area contributed by atoms with Crippen molar-refractivity contribution in [2.45, 2.75) is 29.2 Å². The number of hydrogen-bond donors (Lipinski definition) is 0. The van der Waals surface area contributed by atoms with E-state index in [0.29, 0.717) is 17.2 Å². The lowest BCUT2D eigenvalue weighted by molar-refractivity contribution is 0.0810. The largest absolute Gasteiger partial charge is 0.380 e. The fraction of sp³-hybridized carbons (Fsp3) is 0.400. The summed E-state index contributed by atoms with van der Waals surface area (Å²) in [6.45, 7) is 0.495. The summed E-state index contributed by atoms with van der Waals surface area (Å²) in [6.07, 6.45) is 4.72. The molecule has 0 amide bonds. The number of hydrogen-bond acceptors (Lipinski definition) is 5. The van der Waals surface area contributed by atoms with Crippen molar-refractivity contribution in [1.82, 2.24) is 9.29 Å². The Morgan fingerprint density at radius 3 is 2.77 bits per heavy atom. The zero-order chi connectivity index (χ0) is 15.6. The van der Waals surface area contributed by atoms with Gasteiger partial charge in [-0.2, -0.15) is 4.31 Å². The maximum absolute atomic E-state index is 12.8. The minimum absolute atomic E-state index is 0.0806. The molecule has 0 radical (unpaired) electrons. The van der Waals surface area contributed by atoms with Crippen molar-refractivity contribution in [3.8, 4) is 0 Å². The summed E-state index contributed by atoms with van der Waals surface area (Å²) in [7, 11) is -1.81. The molecule has 118 valence electrons. The van der Waals surface area contributed by atoms with Gasteiger partial charge in [0, 0.05) is 26.0 Å². The van der Waals surface area contributed by atoms with Crippen molar-refractivity contribution >= 4 is 21.4 Å². The van der Waals surface area contributed by atoms with E-state index in [4.69, 9.17) is 4.74 Å². The quantitative estimate of drug-likeness (QED) is 0.838. The first-order valence-electron chi connectivity index (χ1n) is 7.10. The lowest BCUT2D eigenvalue weighted by Crippen LogP contribution is -2.41. The summed E-state index contributed by atoms with van der Waals surface area (Å²) in [4.78, 5) is 4.01. The zero-order valence-electron chi connectivity index (χ0n) is 12.3. The predicted molar refractivity (Wildman–Crippen MR) is 85.4 cm³/mol. The lowest BCUT2D eigenvalue weighted by atomic mass is 10.0. The fourth-order valence-corrected chi connectivity index (χ4v) is 5.67. The molecular weight excluding hydrogens is 320 g/mol. The van der Waals surface area contributed by atoms with Crippen LogP contribution in [0.5, 0.6) is 0 Å². The average molecular weight is 338 g/mol. The molecule has 0 saturated carbocycles. The summed E-state index contributed by atoms with van der Waals surface area (Å²) in [6, 6.07) is 7.07. The van der Waals surface area contributed by atoms with Crippen LogP contribution < -0.4 is 0 Å². The van der Waals surface area contributed by atoms with Crippen LogP contribution in [0.25, 0.3) is 0 Å². The minimum Gasteiger partial charge on any atom is -0.380 e. The van der Waals surface area contributed by atoms with E-state index in [2.05, 4.69) is 4.98 Å². The molecule has 0 N–H and O–H groups in total. The topological polar surface area (TPSA) is 59.5 Å². The predicted octanol–water partition coefficient (Wildman–Crippen LogP) is 2.16. The average Bonchev–Trinajstić information content (AvgIpc) is 3.18. The highest BCUT2D eigenvalue weighted by atomic mass is 32.2. The first kappa shape index (κ1) is 15.6. The second-order valence-electron chi connectivity index (χ2n) is 5.24. The lowest BCUT2D eigenvalue weighted by Gasteiger charge is -2.26. The molecule has 22 heavy (non-hydrogen) atoms. The highest BCUT2D eigenvalue weighted by molar-refractivity contribution is 7.91. The van der Waals surface area contributed by atoms with Gasteiger partial charge in [-0.25, -0.2) is 8.42 Å². The molecule has 0 spiro atoms. The van der Waals surface area contributed by atoms with Gasteiger partial charge in [-0.15, -0.1) is 11.3 Å². The molecule has 5 nitrogen and oxygen atoms in total. The maximum atomic E-state index is 12.8. The van der Waals surface area contributed by atoms with Gasteiger partial charge in [-0.05, 0) is 42.0 Å². The second kappa shape index (κ2) is 6.45. The summed E-state index contributed by atoms with van der Waals surface area (Å²) < 4.78 is 33.2. The van der Waals surface area contributed by atoms with Gasteiger partial charge in [0.05, 0.1) is 12.1 Å². The molecule has 1 aliphatic rings. The number of aromatic nitrogens is 1. The van der Waals surface area contributed by atoms with Crippen LogP contribution in [-0.4, -0.2) is 43.5 Å². The van der Waals surface area contributed by atoms with Gasteiger partial charge in [0.25, 0.3) is 10.0 Å². The normalized spacial score (nSPS) is 23.0. The Labute approximate surface area is 134 Å². The highest BCUT2D eigenvalue weighted by Crippen LogP contribution is 2.31. The number of thiophene rings is 1. The molecule has 0 aromatic carbocycles. The van der Waals surface area contributed by atoms with Crippen LogP contribution in [0.1, 0.15) is 12.0 Å². The Morgan fingerprint density at radius 1 is 1.36 bits per heavy atom. The second-order valence-corrected chi connectivity index (χ2v) is 8.30. The summed E-state index contributed by atoms with van der Waals surface area (Å²) in [5, 5.41) is 1.79. The van der Waals surface area contributed by atoms with Gasteiger partial charge >= 0.3 is 0 Å². The van der Waals surface area contributed by atoms with E-state index < -0.39 is 10.0 Å². The van der Waals surface area contributed by atoms with Crippen LogP contribution >= 0.6 is 11.3 Å². The third kappa shape index (κ3) is 2.94. The molecule has 1 fully saturated rings. The Kier molecular flexibility index (Phi) is 4.58. The third-order valence-corrected chi connectivity index (χ3v) is 7.29. The van der Waals surface area contributed by atoms with Crippen LogP contribution in [0.2, 0.25) is 0 Å². The van der Waals surface area contributed by atoms with E-state index in [0.717, 1.165) is 12.0 Å². The minimum atomic E-state index is -3.45. The van der Waals surface area contributed by atoms with Crippen molar-refractivity contribution in [1.29, 1.82) is 0 Å². The van der Waals surface area contributed by atoms with Crippen molar-refractivity contribution in [2.75, 3.05) is 13.7 Å². The van der Waals surface area contributed by atoms with Crippen LogP contribution in [0, 0.1) is 0 Å².